The summed E-state index contributed by atoms with van der Waals surface area (Å²) in [6, 6.07) is 35.5. The van der Waals surface area contributed by atoms with Gasteiger partial charge in [0, 0.05) is 29.1 Å². The van der Waals surface area contributed by atoms with Crippen LogP contribution in [-0.2, 0) is 29.7 Å². The number of ether oxygens (including phenoxy) is 3. The number of halogens is 1. The quantitative estimate of drug-likeness (QED) is 0.115. The third kappa shape index (κ3) is 7.63. The van der Waals surface area contributed by atoms with Gasteiger partial charge in [0.05, 0.1) is 39.0 Å². The summed E-state index contributed by atoms with van der Waals surface area (Å²) in [7, 11) is 0.496. The molecule has 0 N–H and O–H groups in total. The zero-order valence-electron chi connectivity index (χ0n) is 29.2. The van der Waals surface area contributed by atoms with Gasteiger partial charge in [-0.3, -0.25) is 4.98 Å². The van der Waals surface area contributed by atoms with Gasteiger partial charge in [0.25, 0.3) is 0 Å². The van der Waals surface area contributed by atoms with Crippen LogP contribution < -0.4 is 14.2 Å². The number of hydrogen-bond acceptors (Lipinski definition) is 9. The lowest BCUT2D eigenvalue weighted by Crippen LogP contribution is -2.31. The molecule has 0 amide bonds. The van der Waals surface area contributed by atoms with Crippen LogP contribution in [0.1, 0.15) is 16.7 Å². The van der Waals surface area contributed by atoms with Gasteiger partial charge in [0.1, 0.15) is 22.1 Å². The van der Waals surface area contributed by atoms with Gasteiger partial charge in [-0.2, -0.15) is 9.10 Å². The Morgan fingerprint density at radius 2 is 1.26 bits per heavy atom. The van der Waals surface area contributed by atoms with E-state index in [4.69, 9.17) is 19.3 Å². The summed E-state index contributed by atoms with van der Waals surface area (Å²) in [5, 5.41) is 14.5. The molecular formula is C40H35BrN6O5S. The Bertz CT molecular complexity index is 2420. The molecule has 11 nitrogen and oxygen atoms in total. The molecule has 53 heavy (non-hydrogen) atoms. The number of sulfonamides is 1. The molecule has 13 heteroatoms. The monoisotopic (exact) mass is 790 g/mol. The average molecular weight is 792 g/mol. The zero-order valence-corrected chi connectivity index (χ0v) is 31.6. The highest BCUT2D eigenvalue weighted by Crippen LogP contribution is 2.43. The minimum Gasteiger partial charge on any atom is -0.497 e. The van der Waals surface area contributed by atoms with Crippen molar-refractivity contribution in [1.29, 1.82) is 0 Å². The van der Waals surface area contributed by atoms with E-state index in [1.807, 2.05) is 109 Å². The van der Waals surface area contributed by atoms with Crippen molar-refractivity contribution in [3.63, 3.8) is 0 Å². The number of methoxy groups -OCH3 is 3. The molecule has 0 aliphatic carbocycles. The normalized spacial score (nSPS) is 11.6. The van der Waals surface area contributed by atoms with E-state index in [1.165, 1.54) is 9.10 Å². The first-order chi connectivity index (χ1) is 25.8. The summed E-state index contributed by atoms with van der Waals surface area (Å²) >= 11 is 3.64. The zero-order chi connectivity index (χ0) is 37.0. The lowest BCUT2D eigenvalue weighted by Gasteiger charge is -2.25. The van der Waals surface area contributed by atoms with Gasteiger partial charge in [-0.15, -0.1) is 10.2 Å². The average Bonchev–Trinajstić information content (AvgIpc) is 3.66. The summed E-state index contributed by atoms with van der Waals surface area (Å²) in [6.07, 6.45) is 1.73. The molecular weight excluding hydrogens is 756 g/mol. The molecule has 0 aliphatic heterocycles. The molecule has 0 spiro atoms. The third-order valence-electron chi connectivity index (χ3n) is 8.84. The maximum Gasteiger partial charge on any atom is 0.245 e. The number of tetrazole rings is 1. The lowest BCUT2D eigenvalue weighted by atomic mass is 9.95. The SMILES string of the molecule is COc1ccc(CN(Cc2ccc(OC)cc2)S(=O)(=O)c2c(Br)ccc(-c3cccc4ncccc34)c2-c2nnn(Cc3ccc(OC)cc3)n2)cc1. The van der Waals surface area contributed by atoms with E-state index in [1.54, 1.807) is 33.6 Å². The Morgan fingerprint density at radius 1 is 0.679 bits per heavy atom. The molecule has 0 bridgehead atoms. The van der Waals surface area contributed by atoms with Crippen molar-refractivity contribution in [2.45, 2.75) is 24.5 Å². The molecule has 2 heterocycles. The van der Waals surface area contributed by atoms with Crippen LogP contribution in [0.3, 0.4) is 0 Å². The van der Waals surface area contributed by atoms with E-state index in [9.17, 15) is 0 Å². The van der Waals surface area contributed by atoms with Crippen molar-refractivity contribution in [2.75, 3.05) is 21.3 Å². The van der Waals surface area contributed by atoms with E-state index in [-0.39, 0.29) is 23.8 Å². The van der Waals surface area contributed by atoms with Crippen LogP contribution in [0.25, 0.3) is 33.4 Å². The molecule has 7 rings (SSSR count). The van der Waals surface area contributed by atoms with Crippen LogP contribution in [-0.4, -0.2) is 59.2 Å². The molecule has 0 fully saturated rings. The Labute approximate surface area is 316 Å². The van der Waals surface area contributed by atoms with Crippen LogP contribution >= 0.6 is 15.9 Å². The Hall–Kier alpha value is -5.63. The van der Waals surface area contributed by atoms with Crippen LogP contribution in [0.2, 0.25) is 0 Å². The summed E-state index contributed by atoms with van der Waals surface area (Å²) < 4.78 is 48.5. The predicted molar refractivity (Wildman–Crippen MR) is 206 cm³/mol. The van der Waals surface area contributed by atoms with Crippen LogP contribution in [0, 0.1) is 0 Å². The number of fused-ring (bicyclic) bond motifs is 1. The van der Waals surface area contributed by atoms with Crippen molar-refractivity contribution in [3.8, 4) is 39.8 Å². The van der Waals surface area contributed by atoms with Gasteiger partial charge >= 0.3 is 0 Å². The van der Waals surface area contributed by atoms with Crippen molar-refractivity contribution in [3.05, 3.63) is 143 Å². The van der Waals surface area contributed by atoms with Crippen LogP contribution in [0.5, 0.6) is 17.2 Å². The highest BCUT2D eigenvalue weighted by atomic mass is 79.9. The molecule has 0 aliphatic rings. The first-order valence-electron chi connectivity index (χ1n) is 16.6. The molecule has 268 valence electrons. The number of benzene rings is 5. The molecule has 0 atom stereocenters. The molecule has 5 aromatic carbocycles. The van der Waals surface area contributed by atoms with E-state index < -0.39 is 10.0 Å². The molecule has 0 saturated heterocycles. The van der Waals surface area contributed by atoms with Crippen molar-refractivity contribution in [2.24, 2.45) is 0 Å². The van der Waals surface area contributed by atoms with Gasteiger partial charge in [-0.05, 0) is 104 Å². The van der Waals surface area contributed by atoms with E-state index in [0.29, 0.717) is 33.6 Å². The predicted octanol–water partition coefficient (Wildman–Crippen LogP) is 7.78. The van der Waals surface area contributed by atoms with Crippen molar-refractivity contribution < 1.29 is 22.6 Å². The molecule has 0 unspecified atom stereocenters. The van der Waals surface area contributed by atoms with Gasteiger partial charge in [0.15, 0.2) is 0 Å². The number of hydrogen-bond donors (Lipinski definition) is 0. The molecule has 2 aromatic heterocycles. The van der Waals surface area contributed by atoms with Crippen LogP contribution in [0.15, 0.2) is 131 Å². The summed E-state index contributed by atoms with van der Waals surface area (Å²) in [6.45, 7) is 0.455. The minimum atomic E-state index is -4.30. The molecule has 0 radical (unpaired) electrons. The van der Waals surface area contributed by atoms with E-state index >= 15 is 8.42 Å². The summed E-state index contributed by atoms with van der Waals surface area (Å²) in [4.78, 5) is 6.03. The van der Waals surface area contributed by atoms with Gasteiger partial charge in [-0.25, -0.2) is 8.42 Å². The van der Waals surface area contributed by atoms with E-state index in [0.717, 1.165) is 38.9 Å². The standard InChI is InChI=1S/C40H35BrN6O5S/c1-50-30-15-9-27(10-16-30)24-46(25-28-11-17-31(51-2)18-12-28)53(48,49)39-36(41)22-21-35(33-6-4-8-37-34(33)7-5-23-42-37)38(39)40-43-45-47(44-40)26-29-13-19-32(52-3)20-14-29/h4-23H,24-26H2,1-3H3. The van der Waals surface area contributed by atoms with Gasteiger partial charge in [0.2, 0.25) is 15.8 Å². The first-order valence-corrected chi connectivity index (χ1v) is 18.8. The maximum absolute atomic E-state index is 15.3. The maximum atomic E-state index is 15.3. The van der Waals surface area contributed by atoms with Crippen LogP contribution in [0.4, 0.5) is 0 Å². The smallest absolute Gasteiger partial charge is 0.245 e. The van der Waals surface area contributed by atoms with Crippen molar-refractivity contribution >= 4 is 36.9 Å². The Kier molecular flexibility index (Phi) is 10.5. The Balaban J connectivity index is 1.41. The van der Waals surface area contributed by atoms with Gasteiger partial charge < -0.3 is 14.2 Å². The summed E-state index contributed by atoms with van der Waals surface area (Å²) in [5.74, 6) is 2.23. The van der Waals surface area contributed by atoms with Gasteiger partial charge in [-0.1, -0.05) is 60.7 Å². The highest BCUT2D eigenvalue weighted by Gasteiger charge is 2.34. The second-order valence-electron chi connectivity index (χ2n) is 12.1. The third-order valence-corrected chi connectivity index (χ3v) is 11.6. The number of nitrogens with zero attached hydrogens (tertiary/aromatic N) is 6. The topological polar surface area (TPSA) is 122 Å². The molecule has 7 aromatic rings. The number of aromatic nitrogens is 5. The largest absolute Gasteiger partial charge is 0.497 e. The fraction of sp³-hybridized carbons (Fsp3) is 0.150. The number of rotatable bonds is 13. The second-order valence-corrected chi connectivity index (χ2v) is 14.9. The Morgan fingerprint density at radius 3 is 1.85 bits per heavy atom. The first kappa shape index (κ1) is 35.8. The minimum absolute atomic E-state index is 0.0157. The molecule has 0 saturated carbocycles. The fourth-order valence-corrected chi connectivity index (χ4v) is 8.74. The second kappa shape index (κ2) is 15.5. The number of pyridine rings is 1. The highest BCUT2D eigenvalue weighted by molar-refractivity contribution is 9.10. The summed E-state index contributed by atoms with van der Waals surface area (Å²) in [5.41, 5.74) is 4.94. The van der Waals surface area contributed by atoms with Crippen molar-refractivity contribution in [1.82, 2.24) is 29.5 Å². The fourth-order valence-electron chi connectivity index (χ4n) is 6.12. The lowest BCUT2D eigenvalue weighted by molar-refractivity contribution is 0.397. The van der Waals surface area contributed by atoms with E-state index in [2.05, 4.69) is 31.2 Å².